The van der Waals surface area contributed by atoms with Crippen LogP contribution in [0.2, 0.25) is 0 Å². The molecule has 3 aliphatic carbocycles. The quantitative estimate of drug-likeness (QED) is 0.523. The van der Waals surface area contributed by atoms with Gasteiger partial charge in [-0.2, -0.15) is 0 Å². The summed E-state index contributed by atoms with van der Waals surface area (Å²) in [5, 5.41) is 10.4. The van der Waals surface area contributed by atoms with Gasteiger partial charge in [0.2, 0.25) is 5.91 Å². The van der Waals surface area contributed by atoms with Gasteiger partial charge in [0.1, 0.15) is 0 Å². The standard InChI is InChI=1S/C23H34N4O/c1-3-24-23(27-21-14-20(21)19-10-5-4-7-15(19)2)26-18-9-6-8-16(13-18)22(28)25-17-11-12-17/h4-5,7,10,16-18,20-21H,3,6,8-9,11-14H2,1-2H3,(H,25,28)(H2,24,26,27). The van der Waals surface area contributed by atoms with E-state index in [9.17, 15) is 4.79 Å². The maximum atomic E-state index is 12.4. The summed E-state index contributed by atoms with van der Waals surface area (Å²) in [5.74, 6) is 1.90. The Balaban J connectivity index is 1.31. The summed E-state index contributed by atoms with van der Waals surface area (Å²) >= 11 is 0. The summed E-state index contributed by atoms with van der Waals surface area (Å²) in [7, 11) is 0. The zero-order chi connectivity index (χ0) is 19.5. The van der Waals surface area contributed by atoms with Gasteiger partial charge in [-0.3, -0.25) is 9.79 Å². The molecule has 152 valence electrons. The number of hydrogen-bond donors (Lipinski definition) is 3. The molecule has 4 atom stereocenters. The Morgan fingerprint density at radius 2 is 1.86 bits per heavy atom. The maximum Gasteiger partial charge on any atom is 0.223 e. The summed E-state index contributed by atoms with van der Waals surface area (Å²) < 4.78 is 0. The van der Waals surface area contributed by atoms with E-state index in [0.717, 1.165) is 57.5 Å². The molecule has 0 radical (unpaired) electrons. The predicted octanol–water partition coefficient (Wildman–Crippen LogP) is 3.24. The van der Waals surface area contributed by atoms with Gasteiger partial charge in [-0.1, -0.05) is 30.7 Å². The molecular weight excluding hydrogens is 348 g/mol. The van der Waals surface area contributed by atoms with E-state index in [2.05, 4.69) is 59.1 Å². The molecule has 0 aliphatic heterocycles. The summed E-state index contributed by atoms with van der Waals surface area (Å²) in [4.78, 5) is 17.1. The van der Waals surface area contributed by atoms with Crippen LogP contribution in [0.3, 0.4) is 0 Å². The fourth-order valence-electron chi connectivity index (χ4n) is 4.47. The van der Waals surface area contributed by atoms with Gasteiger partial charge in [0, 0.05) is 36.5 Å². The molecule has 5 heteroatoms. The first kappa shape index (κ1) is 19.3. The van der Waals surface area contributed by atoms with E-state index >= 15 is 0 Å². The van der Waals surface area contributed by atoms with Crippen LogP contribution in [0.5, 0.6) is 0 Å². The van der Waals surface area contributed by atoms with Crippen molar-refractivity contribution in [1.29, 1.82) is 0 Å². The lowest BCUT2D eigenvalue weighted by atomic mass is 9.85. The molecule has 3 N–H and O–H groups in total. The Morgan fingerprint density at radius 3 is 2.61 bits per heavy atom. The highest BCUT2D eigenvalue weighted by Crippen LogP contribution is 2.42. The number of amides is 1. The molecule has 0 heterocycles. The minimum absolute atomic E-state index is 0.148. The second kappa shape index (κ2) is 8.54. The third-order valence-corrected chi connectivity index (χ3v) is 6.33. The lowest BCUT2D eigenvalue weighted by Gasteiger charge is -2.30. The van der Waals surface area contributed by atoms with Crippen LogP contribution >= 0.6 is 0 Å². The van der Waals surface area contributed by atoms with Crippen LogP contribution in [0, 0.1) is 12.8 Å². The Labute approximate surface area is 168 Å². The summed E-state index contributed by atoms with van der Waals surface area (Å²) in [6.07, 6.45) is 7.61. The number of nitrogens with zero attached hydrogens (tertiary/aromatic N) is 1. The van der Waals surface area contributed by atoms with E-state index in [1.807, 2.05) is 0 Å². The molecule has 5 nitrogen and oxygen atoms in total. The number of aliphatic imine (C=N–C) groups is 1. The molecule has 3 saturated carbocycles. The van der Waals surface area contributed by atoms with Crippen molar-refractivity contribution in [2.45, 2.75) is 82.8 Å². The molecule has 0 spiro atoms. The van der Waals surface area contributed by atoms with Gasteiger partial charge in [-0.05, 0) is 63.5 Å². The normalized spacial score (nSPS) is 29.9. The number of carbonyl (C=O) groups excluding carboxylic acids is 1. The average molecular weight is 383 g/mol. The zero-order valence-corrected chi connectivity index (χ0v) is 17.2. The topological polar surface area (TPSA) is 65.5 Å². The Morgan fingerprint density at radius 1 is 1.04 bits per heavy atom. The molecule has 3 aliphatic rings. The van der Waals surface area contributed by atoms with E-state index in [1.165, 1.54) is 11.1 Å². The third-order valence-electron chi connectivity index (χ3n) is 6.33. The molecule has 1 aromatic rings. The Hall–Kier alpha value is -2.04. The first-order valence-corrected chi connectivity index (χ1v) is 11.1. The van der Waals surface area contributed by atoms with E-state index in [0.29, 0.717) is 24.0 Å². The second-order valence-electron chi connectivity index (χ2n) is 8.76. The molecule has 3 fully saturated rings. The number of guanidine groups is 1. The first-order valence-electron chi connectivity index (χ1n) is 11.1. The van der Waals surface area contributed by atoms with Gasteiger partial charge in [-0.15, -0.1) is 0 Å². The first-order chi connectivity index (χ1) is 13.6. The Kier molecular flexibility index (Phi) is 5.88. The van der Waals surface area contributed by atoms with Crippen molar-refractivity contribution in [3.05, 3.63) is 35.4 Å². The van der Waals surface area contributed by atoms with Gasteiger partial charge in [-0.25, -0.2) is 0 Å². The van der Waals surface area contributed by atoms with Crippen molar-refractivity contribution in [2.24, 2.45) is 10.9 Å². The smallest absolute Gasteiger partial charge is 0.223 e. The molecule has 0 aromatic heterocycles. The fourth-order valence-corrected chi connectivity index (χ4v) is 4.47. The van der Waals surface area contributed by atoms with E-state index in [-0.39, 0.29) is 11.8 Å². The Bertz CT molecular complexity index is 727. The minimum Gasteiger partial charge on any atom is -0.354 e. The third kappa shape index (κ3) is 4.86. The van der Waals surface area contributed by atoms with Crippen molar-refractivity contribution >= 4 is 11.9 Å². The average Bonchev–Trinajstić information content (AvgIpc) is 3.60. The van der Waals surface area contributed by atoms with E-state index in [4.69, 9.17) is 0 Å². The van der Waals surface area contributed by atoms with Crippen molar-refractivity contribution in [1.82, 2.24) is 16.0 Å². The number of hydrogen-bond acceptors (Lipinski definition) is 2. The van der Waals surface area contributed by atoms with Crippen LogP contribution in [-0.4, -0.2) is 36.5 Å². The van der Waals surface area contributed by atoms with Crippen LogP contribution in [-0.2, 0) is 4.79 Å². The van der Waals surface area contributed by atoms with Gasteiger partial charge < -0.3 is 16.0 Å². The number of nitrogens with one attached hydrogen (secondary N) is 3. The van der Waals surface area contributed by atoms with Crippen LogP contribution in [0.15, 0.2) is 29.3 Å². The molecule has 4 rings (SSSR count). The van der Waals surface area contributed by atoms with Crippen LogP contribution in [0.1, 0.15) is 68.9 Å². The molecule has 1 amide bonds. The second-order valence-corrected chi connectivity index (χ2v) is 8.76. The minimum atomic E-state index is 0.148. The maximum absolute atomic E-state index is 12.4. The van der Waals surface area contributed by atoms with Crippen molar-refractivity contribution < 1.29 is 4.79 Å². The lowest BCUT2D eigenvalue weighted by Crippen LogP contribution is -2.48. The summed E-state index contributed by atoms with van der Waals surface area (Å²) in [6.45, 7) is 5.02. The highest BCUT2D eigenvalue weighted by Gasteiger charge is 2.40. The van der Waals surface area contributed by atoms with Crippen molar-refractivity contribution in [2.75, 3.05) is 6.54 Å². The lowest BCUT2D eigenvalue weighted by molar-refractivity contribution is -0.126. The van der Waals surface area contributed by atoms with E-state index in [1.54, 1.807) is 0 Å². The van der Waals surface area contributed by atoms with Crippen LogP contribution in [0.25, 0.3) is 0 Å². The van der Waals surface area contributed by atoms with Crippen molar-refractivity contribution in [3.63, 3.8) is 0 Å². The molecule has 1 aromatic carbocycles. The van der Waals surface area contributed by atoms with Gasteiger partial charge >= 0.3 is 0 Å². The molecule has 0 bridgehead atoms. The highest BCUT2D eigenvalue weighted by molar-refractivity contribution is 5.82. The monoisotopic (exact) mass is 382 g/mol. The number of rotatable bonds is 6. The van der Waals surface area contributed by atoms with Crippen molar-refractivity contribution in [3.8, 4) is 0 Å². The predicted molar refractivity (Wildman–Crippen MR) is 113 cm³/mol. The van der Waals surface area contributed by atoms with E-state index < -0.39 is 0 Å². The van der Waals surface area contributed by atoms with Gasteiger partial charge in [0.25, 0.3) is 0 Å². The van der Waals surface area contributed by atoms with Crippen LogP contribution < -0.4 is 16.0 Å². The number of carbonyl (C=O) groups is 1. The number of benzene rings is 1. The summed E-state index contributed by atoms with van der Waals surface area (Å²) in [6, 6.07) is 9.91. The zero-order valence-electron chi connectivity index (χ0n) is 17.2. The number of aryl methyl sites for hydroxylation is 1. The van der Waals surface area contributed by atoms with Crippen LogP contribution in [0.4, 0.5) is 0 Å². The SMILES string of the molecule is CCN=C(NC1CCCC(C(=O)NC2CC2)C1)NC1CC1c1ccccc1C. The largest absolute Gasteiger partial charge is 0.354 e. The van der Waals surface area contributed by atoms with Gasteiger partial charge in [0.15, 0.2) is 5.96 Å². The van der Waals surface area contributed by atoms with Gasteiger partial charge in [0.05, 0.1) is 0 Å². The highest BCUT2D eigenvalue weighted by atomic mass is 16.2. The molecule has 0 saturated heterocycles. The summed E-state index contributed by atoms with van der Waals surface area (Å²) in [5.41, 5.74) is 2.82. The molecule has 4 unspecified atom stereocenters. The fraction of sp³-hybridized carbons (Fsp3) is 0.652. The molecule has 28 heavy (non-hydrogen) atoms. The molecular formula is C23H34N4O.